The first-order valence-electron chi connectivity index (χ1n) is 7.80. The third-order valence-electron chi connectivity index (χ3n) is 4.34. The molecular formula is C16H25N3O2. The molecule has 2 rings (SSSR count). The number of carbonyl (C=O) groups is 1. The number of nitrogens with one attached hydrogen (secondary N) is 1. The molecule has 116 valence electrons. The van der Waals surface area contributed by atoms with Crippen molar-refractivity contribution in [3.8, 4) is 0 Å². The highest BCUT2D eigenvalue weighted by atomic mass is 16.5. The number of hydrogen-bond donors (Lipinski definition) is 1. The van der Waals surface area contributed by atoms with Crippen molar-refractivity contribution in [1.82, 2.24) is 9.97 Å². The number of anilines is 1. The summed E-state index contributed by atoms with van der Waals surface area (Å²) in [6.07, 6.45) is 6.52. The molecule has 1 aromatic heterocycles. The number of nitrogens with zero attached hydrogens (tertiary/aromatic N) is 2. The predicted molar refractivity (Wildman–Crippen MR) is 82.3 cm³/mol. The third kappa shape index (κ3) is 4.41. The maximum absolute atomic E-state index is 11.5. The average molecular weight is 291 g/mol. The fourth-order valence-electron chi connectivity index (χ4n) is 2.93. The van der Waals surface area contributed by atoms with Crippen LogP contribution in [0.4, 0.5) is 5.82 Å². The van der Waals surface area contributed by atoms with Crippen LogP contribution in [0.1, 0.15) is 55.3 Å². The first kappa shape index (κ1) is 15.7. The van der Waals surface area contributed by atoms with Gasteiger partial charge in [-0.25, -0.2) is 14.8 Å². The lowest BCUT2D eigenvalue weighted by molar-refractivity contribution is 0.0586. The van der Waals surface area contributed by atoms with Crippen molar-refractivity contribution >= 4 is 11.8 Å². The number of aryl methyl sites for hydroxylation is 1. The molecule has 0 radical (unpaired) electrons. The second kappa shape index (κ2) is 7.38. The molecule has 0 spiro atoms. The molecule has 0 aromatic carbocycles. The minimum atomic E-state index is -0.495. The van der Waals surface area contributed by atoms with E-state index in [1.54, 1.807) is 0 Å². The number of rotatable bonds is 5. The number of hydrogen-bond acceptors (Lipinski definition) is 5. The average Bonchev–Trinajstić information content (AvgIpc) is 2.52. The predicted octanol–water partition coefficient (Wildman–Crippen LogP) is 3.20. The van der Waals surface area contributed by atoms with Gasteiger partial charge >= 0.3 is 5.97 Å². The number of methoxy groups -OCH3 is 1. The van der Waals surface area contributed by atoms with Crippen molar-refractivity contribution in [1.29, 1.82) is 0 Å². The maximum Gasteiger partial charge on any atom is 0.376 e. The molecule has 1 heterocycles. The van der Waals surface area contributed by atoms with Gasteiger partial charge < -0.3 is 10.1 Å². The summed E-state index contributed by atoms with van der Waals surface area (Å²) in [6, 6.07) is 1.87. The summed E-state index contributed by atoms with van der Waals surface area (Å²) >= 11 is 0. The minimum absolute atomic E-state index is 0.120. The van der Waals surface area contributed by atoms with Crippen LogP contribution >= 0.6 is 0 Å². The lowest BCUT2D eigenvalue weighted by Crippen LogP contribution is -2.22. The van der Waals surface area contributed by atoms with Crippen molar-refractivity contribution in [3.63, 3.8) is 0 Å². The third-order valence-corrected chi connectivity index (χ3v) is 4.34. The molecule has 0 aliphatic heterocycles. The standard InChI is InChI=1S/C16H25N3O2/c1-4-12-5-7-13(8-6-12)10-17-14-9-11(2)18-15(19-14)16(20)21-3/h9,12-13H,4-8,10H2,1-3H3,(H,17,18,19). The summed E-state index contributed by atoms with van der Waals surface area (Å²) in [5, 5.41) is 3.35. The zero-order valence-corrected chi connectivity index (χ0v) is 13.2. The highest BCUT2D eigenvalue weighted by molar-refractivity contribution is 5.85. The van der Waals surface area contributed by atoms with Crippen LogP contribution in [0, 0.1) is 18.8 Å². The summed E-state index contributed by atoms with van der Waals surface area (Å²) in [7, 11) is 1.34. The molecule has 0 unspecified atom stereocenters. The lowest BCUT2D eigenvalue weighted by Gasteiger charge is -2.28. The largest absolute Gasteiger partial charge is 0.463 e. The van der Waals surface area contributed by atoms with Gasteiger partial charge in [0.1, 0.15) is 5.82 Å². The molecule has 1 saturated carbocycles. The van der Waals surface area contributed by atoms with Crippen LogP contribution in [0.25, 0.3) is 0 Å². The molecule has 0 atom stereocenters. The summed E-state index contributed by atoms with van der Waals surface area (Å²) < 4.78 is 4.67. The van der Waals surface area contributed by atoms with E-state index in [0.29, 0.717) is 11.7 Å². The van der Waals surface area contributed by atoms with Gasteiger partial charge in [-0.2, -0.15) is 0 Å². The van der Waals surface area contributed by atoms with Crippen molar-refractivity contribution in [2.45, 2.75) is 46.0 Å². The van der Waals surface area contributed by atoms with Gasteiger partial charge in [0.05, 0.1) is 7.11 Å². The van der Waals surface area contributed by atoms with Gasteiger partial charge in [-0.15, -0.1) is 0 Å². The molecule has 0 amide bonds. The van der Waals surface area contributed by atoms with E-state index in [2.05, 4.69) is 26.9 Å². The molecule has 1 fully saturated rings. The van der Waals surface area contributed by atoms with Gasteiger partial charge in [0.2, 0.25) is 5.82 Å². The molecule has 5 heteroatoms. The molecule has 1 aliphatic rings. The number of carbonyl (C=O) groups excluding carboxylic acids is 1. The van der Waals surface area contributed by atoms with Gasteiger partial charge in [0, 0.05) is 18.3 Å². The Morgan fingerprint density at radius 2 is 1.95 bits per heavy atom. The molecular weight excluding hydrogens is 266 g/mol. The Kier molecular flexibility index (Phi) is 5.53. The summed E-state index contributed by atoms with van der Waals surface area (Å²) in [4.78, 5) is 19.8. The van der Waals surface area contributed by atoms with Crippen LogP contribution in [-0.2, 0) is 4.74 Å². The SMILES string of the molecule is CCC1CCC(CNc2cc(C)nc(C(=O)OC)n2)CC1. The number of ether oxygens (including phenoxy) is 1. The maximum atomic E-state index is 11.5. The van der Waals surface area contributed by atoms with Crippen LogP contribution in [0.3, 0.4) is 0 Å². The van der Waals surface area contributed by atoms with Crippen LogP contribution in [-0.4, -0.2) is 29.6 Å². The van der Waals surface area contributed by atoms with Gasteiger partial charge in [0.25, 0.3) is 0 Å². The molecule has 0 saturated heterocycles. The van der Waals surface area contributed by atoms with Gasteiger partial charge in [-0.05, 0) is 31.6 Å². The summed E-state index contributed by atoms with van der Waals surface area (Å²) in [5.41, 5.74) is 0.766. The first-order valence-corrected chi connectivity index (χ1v) is 7.80. The minimum Gasteiger partial charge on any atom is -0.463 e. The van der Waals surface area contributed by atoms with E-state index in [-0.39, 0.29) is 5.82 Å². The van der Waals surface area contributed by atoms with E-state index < -0.39 is 5.97 Å². The van der Waals surface area contributed by atoms with Crippen LogP contribution < -0.4 is 5.32 Å². The number of aromatic nitrogens is 2. The van der Waals surface area contributed by atoms with Crippen molar-refractivity contribution in [2.75, 3.05) is 19.0 Å². The second-order valence-corrected chi connectivity index (χ2v) is 5.89. The zero-order chi connectivity index (χ0) is 15.2. The fourth-order valence-corrected chi connectivity index (χ4v) is 2.93. The zero-order valence-electron chi connectivity index (χ0n) is 13.2. The molecule has 5 nitrogen and oxygen atoms in total. The smallest absolute Gasteiger partial charge is 0.376 e. The second-order valence-electron chi connectivity index (χ2n) is 5.89. The van der Waals surface area contributed by atoms with Gasteiger partial charge in [0.15, 0.2) is 0 Å². The van der Waals surface area contributed by atoms with E-state index in [1.165, 1.54) is 39.2 Å². The summed E-state index contributed by atoms with van der Waals surface area (Å²) in [5.74, 6) is 1.94. The highest BCUT2D eigenvalue weighted by Crippen LogP contribution is 2.30. The Balaban J connectivity index is 1.91. The van der Waals surface area contributed by atoms with E-state index in [4.69, 9.17) is 0 Å². The molecule has 1 aliphatic carbocycles. The first-order chi connectivity index (χ1) is 10.1. The van der Waals surface area contributed by atoms with Crippen LogP contribution in [0.5, 0.6) is 0 Å². The fraction of sp³-hybridized carbons (Fsp3) is 0.688. The Labute approximate surface area is 126 Å². The Bertz CT molecular complexity index is 482. The van der Waals surface area contributed by atoms with E-state index >= 15 is 0 Å². The Hall–Kier alpha value is -1.65. The van der Waals surface area contributed by atoms with Crippen LogP contribution in [0.15, 0.2) is 6.07 Å². The van der Waals surface area contributed by atoms with E-state index in [0.717, 1.165) is 18.2 Å². The molecule has 21 heavy (non-hydrogen) atoms. The topological polar surface area (TPSA) is 64.1 Å². The quantitative estimate of drug-likeness (QED) is 0.844. The lowest BCUT2D eigenvalue weighted by atomic mass is 9.81. The Morgan fingerprint density at radius 3 is 2.57 bits per heavy atom. The van der Waals surface area contributed by atoms with Crippen molar-refractivity contribution in [2.24, 2.45) is 11.8 Å². The highest BCUT2D eigenvalue weighted by Gasteiger charge is 2.20. The number of esters is 1. The Morgan fingerprint density at radius 1 is 1.29 bits per heavy atom. The van der Waals surface area contributed by atoms with E-state index in [1.807, 2.05) is 13.0 Å². The van der Waals surface area contributed by atoms with Crippen molar-refractivity contribution in [3.05, 3.63) is 17.6 Å². The molecule has 1 aromatic rings. The van der Waals surface area contributed by atoms with E-state index in [9.17, 15) is 4.79 Å². The monoisotopic (exact) mass is 291 g/mol. The van der Waals surface area contributed by atoms with Crippen molar-refractivity contribution < 1.29 is 9.53 Å². The van der Waals surface area contributed by atoms with Gasteiger partial charge in [-0.1, -0.05) is 26.2 Å². The summed E-state index contributed by atoms with van der Waals surface area (Å²) in [6.45, 7) is 5.04. The van der Waals surface area contributed by atoms with Gasteiger partial charge in [-0.3, -0.25) is 0 Å². The normalized spacial score (nSPS) is 21.9. The molecule has 0 bridgehead atoms. The van der Waals surface area contributed by atoms with Crippen LogP contribution in [0.2, 0.25) is 0 Å². The molecule has 1 N–H and O–H groups in total.